The van der Waals surface area contributed by atoms with Crippen molar-refractivity contribution in [3.63, 3.8) is 0 Å². The molecule has 4 N–H and O–H groups in total. The second-order valence-electron chi connectivity index (χ2n) is 10.2. The van der Waals surface area contributed by atoms with Crippen molar-refractivity contribution < 1.29 is 23.9 Å². The largest absolute Gasteiger partial charge is 0.444 e. The van der Waals surface area contributed by atoms with E-state index in [1.165, 1.54) is 0 Å². The highest BCUT2D eigenvalue weighted by molar-refractivity contribution is 5.94. The molecule has 0 heterocycles. The van der Waals surface area contributed by atoms with E-state index in [9.17, 15) is 24.4 Å². The number of nitrogens with zero attached hydrogens (tertiary/aromatic N) is 2. The lowest BCUT2D eigenvalue weighted by molar-refractivity contribution is -0.143. The van der Waals surface area contributed by atoms with E-state index in [1.807, 2.05) is 25.1 Å². The summed E-state index contributed by atoms with van der Waals surface area (Å²) in [5.74, 6) is -2.18. The van der Waals surface area contributed by atoms with Gasteiger partial charge in [-0.2, -0.15) is 5.26 Å². The van der Waals surface area contributed by atoms with Crippen molar-refractivity contribution in [1.82, 2.24) is 15.5 Å². The van der Waals surface area contributed by atoms with E-state index in [4.69, 9.17) is 10.5 Å². The molecule has 1 rings (SSSR count). The SMILES string of the molecule is CCc1ccc(C(C(=O)NC(C)(C)C)N(CC#N)C(=O)C(CC(N)=O)NC(=O)OC(C)(C)C)cc1. The van der Waals surface area contributed by atoms with E-state index < -0.39 is 60.0 Å². The number of carbonyl (C=O) groups is 4. The van der Waals surface area contributed by atoms with Crippen molar-refractivity contribution >= 4 is 23.8 Å². The molecule has 0 saturated carbocycles. The third-order valence-electron chi connectivity index (χ3n) is 4.68. The maximum absolute atomic E-state index is 13.6. The molecule has 1 aromatic carbocycles. The van der Waals surface area contributed by atoms with Gasteiger partial charge in [-0.1, -0.05) is 31.2 Å². The van der Waals surface area contributed by atoms with Crippen molar-refractivity contribution in [2.75, 3.05) is 6.54 Å². The van der Waals surface area contributed by atoms with Gasteiger partial charge in [0.2, 0.25) is 17.7 Å². The topological polar surface area (TPSA) is 155 Å². The number of alkyl carbamates (subject to hydrolysis) is 1. The van der Waals surface area contributed by atoms with Crippen LogP contribution in [-0.2, 0) is 25.5 Å². The number of hydrogen-bond acceptors (Lipinski definition) is 6. The van der Waals surface area contributed by atoms with Gasteiger partial charge in [0, 0.05) is 5.54 Å². The van der Waals surface area contributed by atoms with Crippen LogP contribution >= 0.6 is 0 Å². The number of nitrogens with two attached hydrogens (primary N) is 1. The van der Waals surface area contributed by atoms with Crippen molar-refractivity contribution in [2.24, 2.45) is 5.73 Å². The molecule has 10 heteroatoms. The Morgan fingerprint density at radius 2 is 1.66 bits per heavy atom. The van der Waals surface area contributed by atoms with Gasteiger partial charge in [0.1, 0.15) is 24.2 Å². The fraction of sp³-hybridized carbons (Fsp3) is 0.560. The number of rotatable bonds is 9. The molecule has 0 aromatic heterocycles. The molecule has 0 aliphatic carbocycles. The molecule has 2 unspecified atom stereocenters. The number of aryl methyl sites for hydroxylation is 1. The molecule has 0 saturated heterocycles. The van der Waals surface area contributed by atoms with Gasteiger partial charge >= 0.3 is 6.09 Å². The summed E-state index contributed by atoms with van der Waals surface area (Å²) >= 11 is 0. The summed E-state index contributed by atoms with van der Waals surface area (Å²) in [5, 5.41) is 14.7. The van der Waals surface area contributed by atoms with Crippen LogP contribution in [0.3, 0.4) is 0 Å². The Kier molecular flexibility index (Phi) is 10.3. The van der Waals surface area contributed by atoms with E-state index in [-0.39, 0.29) is 0 Å². The highest BCUT2D eigenvalue weighted by Crippen LogP contribution is 2.24. The lowest BCUT2D eigenvalue weighted by atomic mass is 9.98. The van der Waals surface area contributed by atoms with Crippen LogP contribution in [0, 0.1) is 11.3 Å². The Hall–Kier alpha value is -3.61. The van der Waals surface area contributed by atoms with Crippen LogP contribution < -0.4 is 16.4 Å². The number of nitriles is 1. The van der Waals surface area contributed by atoms with E-state index in [0.29, 0.717) is 5.56 Å². The van der Waals surface area contributed by atoms with Crippen LogP contribution in [0.25, 0.3) is 0 Å². The molecule has 35 heavy (non-hydrogen) atoms. The number of benzene rings is 1. The van der Waals surface area contributed by atoms with Gasteiger partial charge in [-0.25, -0.2) is 4.79 Å². The first kappa shape index (κ1) is 29.4. The first-order valence-corrected chi connectivity index (χ1v) is 11.4. The molecule has 192 valence electrons. The van der Waals surface area contributed by atoms with Crippen molar-refractivity contribution in [3.8, 4) is 6.07 Å². The minimum Gasteiger partial charge on any atom is -0.444 e. The fourth-order valence-corrected chi connectivity index (χ4v) is 3.27. The van der Waals surface area contributed by atoms with Gasteiger partial charge in [0.15, 0.2) is 0 Å². The summed E-state index contributed by atoms with van der Waals surface area (Å²) in [6.45, 7) is 11.8. The van der Waals surface area contributed by atoms with Gasteiger partial charge in [0.05, 0.1) is 12.5 Å². The second-order valence-corrected chi connectivity index (χ2v) is 10.2. The number of primary amides is 1. The summed E-state index contributed by atoms with van der Waals surface area (Å²) in [4.78, 5) is 52.1. The van der Waals surface area contributed by atoms with Crippen molar-refractivity contribution in [2.45, 2.75) is 84.5 Å². The first-order chi connectivity index (χ1) is 16.1. The number of hydrogen-bond donors (Lipinski definition) is 3. The molecule has 1 aromatic rings. The molecule has 10 nitrogen and oxygen atoms in total. The van der Waals surface area contributed by atoms with Crippen molar-refractivity contribution in [3.05, 3.63) is 35.4 Å². The van der Waals surface area contributed by atoms with Gasteiger partial charge in [-0.05, 0) is 59.1 Å². The zero-order valence-electron chi connectivity index (χ0n) is 21.6. The van der Waals surface area contributed by atoms with Gasteiger partial charge in [0.25, 0.3) is 0 Å². The summed E-state index contributed by atoms with van der Waals surface area (Å²) in [7, 11) is 0. The smallest absolute Gasteiger partial charge is 0.408 e. The highest BCUT2D eigenvalue weighted by atomic mass is 16.6. The Bertz CT molecular complexity index is 954. The molecule has 0 radical (unpaired) electrons. The van der Waals surface area contributed by atoms with Crippen LogP contribution in [0.1, 0.15) is 72.1 Å². The molecular weight excluding hydrogens is 450 g/mol. The van der Waals surface area contributed by atoms with Gasteiger partial charge < -0.3 is 26.0 Å². The standard InChI is InChI=1S/C25H37N5O5/c1-8-16-9-11-17(12-10-16)20(21(32)29-24(2,3)4)30(14-13-26)22(33)18(15-19(27)31)28-23(34)35-25(5,6)7/h9-12,18,20H,8,14-15H2,1-7H3,(H2,27,31)(H,28,34)(H,29,32). The highest BCUT2D eigenvalue weighted by Gasteiger charge is 2.37. The van der Waals surface area contributed by atoms with Crippen LogP contribution in [0.5, 0.6) is 0 Å². The van der Waals surface area contributed by atoms with E-state index in [0.717, 1.165) is 16.9 Å². The van der Waals surface area contributed by atoms with Crippen LogP contribution in [0.15, 0.2) is 24.3 Å². The normalized spacial score (nSPS) is 13.1. The van der Waals surface area contributed by atoms with Crippen LogP contribution in [0.4, 0.5) is 4.79 Å². The third kappa shape index (κ3) is 10.0. The van der Waals surface area contributed by atoms with E-state index >= 15 is 0 Å². The van der Waals surface area contributed by atoms with Crippen LogP contribution in [-0.4, -0.2) is 52.4 Å². The molecule has 0 aliphatic heterocycles. The first-order valence-electron chi connectivity index (χ1n) is 11.4. The van der Waals surface area contributed by atoms with Gasteiger partial charge in [-0.3, -0.25) is 14.4 Å². The molecule has 0 fully saturated rings. The lowest BCUT2D eigenvalue weighted by Gasteiger charge is -2.34. The average Bonchev–Trinajstić information content (AvgIpc) is 2.69. The van der Waals surface area contributed by atoms with Gasteiger partial charge in [-0.15, -0.1) is 0 Å². The number of carbonyl (C=O) groups excluding carboxylic acids is 4. The zero-order chi connectivity index (χ0) is 27.0. The van der Waals surface area contributed by atoms with E-state index in [2.05, 4.69) is 10.6 Å². The summed E-state index contributed by atoms with van der Waals surface area (Å²) in [6.07, 6.45) is -0.694. The summed E-state index contributed by atoms with van der Waals surface area (Å²) in [6, 6.07) is 6.38. The van der Waals surface area contributed by atoms with Crippen LogP contribution in [0.2, 0.25) is 0 Å². The fourth-order valence-electron chi connectivity index (χ4n) is 3.27. The quantitative estimate of drug-likeness (QED) is 0.454. The Labute approximate surface area is 207 Å². The Balaban J connectivity index is 3.49. The minimum atomic E-state index is -1.43. The average molecular weight is 488 g/mol. The summed E-state index contributed by atoms with van der Waals surface area (Å²) in [5.41, 5.74) is 5.35. The predicted octanol–water partition coefficient (Wildman–Crippen LogP) is 2.33. The Morgan fingerprint density at radius 3 is 2.09 bits per heavy atom. The predicted molar refractivity (Wildman–Crippen MR) is 131 cm³/mol. The monoisotopic (exact) mass is 487 g/mol. The molecule has 2 atom stereocenters. The second kappa shape index (κ2) is 12.2. The molecule has 0 spiro atoms. The Morgan fingerprint density at radius 1 is 1.09 bits per heavy atom. The zero-order valence-corrected chi connectivity index (χ0v) is 21.6. The van der Waals surface area contributed by atoms with E-state index in [1.54, 1.807) is 53.7 Å². The number of ether oxygens (including phenoxy) is 1. The minimum absolute atomic E-state index is 0.470. The van der Waals surface area contributed by atoms with Crippen molar-refractivity contribution in [1.29, 1.82) is 5.26 Å². The summed E-state index contributed by atoms with van der Waals surface area (Å²) < 4.78 is 5.21. The molecular formula is C25H37N5O5. The molecule has 0 aliphatic rings. The third-order valence-corrected chi connectivity index (χ3v) is 4.68. The molecule has 4 amide bonds. The number of amides is 4. The maximum atomic E-state index is 13.6. The maximum Gasteiger partial charge on any atom is 0.408 e. The number of nitrogens with one attached hydrogen (secondary N) is 2. The molecule has 0 bridgehead atoms. The lowest BCUT2D eigenvalue weighted by Crippen LogP contribution is -2.55.